The van der Waals surface area contributed by atoms with Gasteiger partial charge in [-0.2, -0.15) is 0 Å². The molecule has 1 aliphatic heterocycles. The summed E-state index contributed by atoms with van der Waals surface area (Å²) in [7, 11) is 3.04. The monoisotopic (exact) mass is 326 g/mol. The molecular formula is C15H26N4O4. The second-order valence-corrected chi connectivity index (χ2v) is 6.35. The molecule has 4 amide bonds. The predicted molar refractivity (Wildman–Crippen MR) is 84.3 cm³/mol. The maximum Gasteiger partial charge on any atom is 0.245 e. The second kappa shape index (κ2) is 7.94. The van der Waals surface area contributed by atoms with Gasteiger partial charge in [-0.3, -0.25) is 19.2 Å². The van der Waals surface area contributed by atoms with Gasteiger partial charge in [0.05, 0.1) is 13.1 Å². The van der Waals surface area contributed by atoms with Gasteiger partial charge in [0.1, 0.15) is 12.1 Å². The van der Waals surface area contributed by atoms with Gasteiger partial charge >= 0.3 is 0 Å². The Hall–Kier alpha value is -2.12. The summed E-state index contributed by atoms with van der Waals surface area (Å²) in [6, 6.07) is -1.43. The first-order valence-corrected chi connectivity index (χ1v) is 7.71. The van der Waals surface area contributed by atoms with Gasteiger partial charge in [-0.05, 0) is 19.3 Å². The number of nitrogens with zero attached hydrogens (tertiary/aromatic N) is 2. The minimum Gasteiger partial charge on any atom is -0.345 e. The summed E-state index contributed by atoms with van der Waals surface area (Å²) >= 11 is 0. The quantitative estimate of drug-likeness (QED) is 0.676. The minimum absolute atomic E-state index is 0.141. The van der Waals surface area contributed by atoms with Gasteiger partial charge in [0.15, 0.2) is 0 Å². The van der Waals surface area contributed by atoms with Crippen LogP contribution in [-0.4, -0.2) is 72.7 Å². The fourth-order valence-corrected chi connectivity index (χ4v) is 2.42. The molecule has 0 aliphatic carbocycles. The van der Waals surface area contributed by atoms with Crippen molar-refractivity contribution in [2.45, 2.75) is 39.3 Å². The van der Waals surface area contributed by atoms with E-state index < -0.39 is 18.0 Å². The third-order valence-electron chi connectivity index (χ3n) is 3.78. The number of carbonyl (C=O) groups is 4. The zero-order chi connectivity index (χ0) is 17.7. The topological polar surface area (TPSA) is 98.8 Å². The van der Waals surface area contributed by atoms with Gasteiger partial charge < -0.3 is 20.4 Å². The molecule has 0 bridgehead atoms. The largest absolute Gasteiger partial charge is 0.345 e. The van der Waals surface area contributed by atoms with E-state index in [1.807, 2.05) is 13.8 Å². The van der Waals surface area contributed by atoms with Crippen molar-refractivity contribution in [1.82, 2.24) is 20.4 Å². The smallest absolute Gasteiger partial charge is 0.245 e. The van der Waals surface area contributed by atoms with E-state index in [1.165, 1.54) is 16.8 Å². The molecule has 130 valence electrons. The van der Waals surface area contributed by atoms with E-state index in [4.69, 9.17) is 0 Å². The predicted octanol–water partition coefficient (Wildman–Crippen LogP) is -1.05. The van der Waals surface area contributed by atoms with E-state index in [2.05, 4.69) is 10.6 Å². The highest BCUT2D eigenvalue weighted by Gasteiger charge is 2.30. The Morgan fingerprint density at radius 1 is 1.17 bits per heavy atom. The highest BCUT2D eigenvalue weighted by Crippen LogP contribution is 2.12. The van der Waals surface area contributed by atoms with E-state index >= 15 is 0 Å². The van der Waals surface area contributed by atoms with Crippen molar-refractivity contribution in [3.63, 3.8) is 0 Å². The summed E-state index contributed by atoms with van der Waals surface area (Å²) in [4.78, 5) is 51.2. The molecule has 23 heavy (non-hydrogen) atoms. The Kier molecular flexibility index (Phi) is 6.53. The number of rotatable bonds is 2. The molecule has 8 heteroatoms. The molecule has 1 fully saturated rings. The van der Waals surface area contributed by atoms with Crippen LogP contribution in [0.25, 0.3) is 0 Å². The summed E-state index contributed by atoms with van der Waals surface area (Å²) in [6.45, 7) is 5.08. The van der Waals surface area contributed by atoms with Crippen molar-refractivity contribution >= 4 is 23.6 Å². The lowest BCUT2D eigenvalue weighted by Crippen LogP contribution is -2.56. The van der Waals surface area contributed by atoms with Gasteiger partial charge in [-0.25, -0.2) is 0 Å². The van der Waals surface area contributed by atoms with Gasteiger partial charge in [-0.1, -0.05) is 13.8 Å². The van der Waals surface area contributed by atoms with Crippen LogP contribution in [0.1, 0.15) is 27.2 Å². The lowest BCUT2D eigenvalue weighted by Gasteiger charge is -2.31. The lowest BCUT2D eigenvalue weighted by atomic mass is 10.0. The summed E-state index contributed by atoms with van der Waals surface area (Å²) in [5.41, 5.74) is 0. The molecule has 0 aromatic rings. The van der Waals surface area contributed by atoms with Crippen LogP contribution in [0.4, 0.5) is 0 Å². The fraction of sp³-hybridized carbons (Fsp3) is 0.733. The average molecular weight is 326 g/mol. The first-order chi connectivity index (χ1) is 10.6. The molecule has 0 unspecified atom stereocenters. The summed E-state index contributed by atoms with van der Waals surface area (Å²) in [5, 5.41) is 5.04. The third kappa shape index (κ3) is 5.22. The lowest BCUT2D eigenvalue weighted by molar-refractivity contribution is -0.145. The van der Waals surface area contributed by atoms with Crippen molar-refractivity contribution in [3.8, 4) is 0 Å². The summed E-state index contributed by atoms with van der Waals surface area (Å²) < 4.78 is 0. The number of hydrogen-bond acceptors (Lipinski definition) is 4. The Bertz CT molecular complexity index is 492. The molecule has 1 heterocycles. The Morgan fingerprint density at radius 2 is 1.78 bits per heavy atom. The van der Waals surface area contributed by atoms with Crippen LogP contribution in [0.2, 0.25) is 0 Å². The van der Waals surface area contributed by atoms with Crippen LogP contribution in [0.5, 0.6) is 0 Å². The Balaban J connectivity index is 3.03. The zero-order valence-electron chi connectivity index (χ0n) is 14.4. The van der Waals surface area contributed by atoms with E-state index in [0.29, 0.717) is 6.42 Å². The molecule has 0 saturated carbocycles. The molecule has 1 aliphatic rings. The van der Waals surface area contributed by atoms with Crippen LogP contribution in [-0.2, 0) is 19.2 Å². The van der Waals surface area contributed by atoms with Crippen LogP contribution in [0, 0.1) is 5.92 Å². The molecule has 1 rings (SSSR count). The number of amides is 4. The first-order valence-electron chi connectivity index (χ1n) is 7.71. The third-order valence-corrected chi connectivity index (χ3v) is 3.78. The SMILES string of the molecule is CC(C)C[C@H]1C(=O)NCC(=O)N[C@H](C)C(=O)N(C)CC(=O)N1C. The molecule has 0 radical (unpaired) electrons. The Labute approximate surface area is 136 Å². The van der Waals surface area contributed by atoms with Gasteiger partial charge in [-0.15, -0.1) is 0 Å². The standard InChI is InChI=1S/C15H26N4O4/c1-9(2)6-11-14(22)16-7-12(20)17-10(3)15(23)18(4)8-13(21)19(11)5/h9-11H,6-8H2,1-5H3,(H,16,22)(H,17,20)/t10-,11+/m1/s1. The maximum atomic E-state index is 12.4. The molecule has 0 aromatic heterocycles. The van der Waals surface area contributed by atoms with E-state index in [9.17, 15) is 19.2 Å². The molecular weight excluding hydrogens is 300 g/mol. The van der Waals surface area contributed by atoms with Crippen molar-refractivity contribution < 1.29 is 19.2 Å². The fourth-order valence-electron chi connectivity index (χ4n) is 2.42. The molecule has 2 atom stereocenters. The van der Waals surface area contributed by atoms with Crippen LogP contribution in [0.3, 0.4) is 0 Å². The van der Waals surface area contributed by atoms with Crippen molar-refractivity contribution in [3.05, 3.63) is 0 Å². The van der Waals surface area contributed by atoms with Crippen LogP contribution >= 0.6 is 0 Å². The first kappa shape index (κ1) is 18.9. The van der Waals surface area contributed by atoms with Gasteiger partial charge in [0.2, 0.25) is 23.6 Å². The van der Waals surface area contributed by atoms with E-state index in [0.717, 1.165) is 0 Å². The zero-order valence-corrected chi connectivity index (χ0v) is 14.4. The molecule has 2 N–H and O–H groups in total. The Morgan fingerprint density at radius 3 is 2.35 bits per heavy atom. The van der Waals surface area contributed by atoms with Crippen LogP contribution < -0.4 is 10.6 Å². The number of carbonyl (C=O) groups excluding carboxylic acids is 4. The normalized spacial score (nSPS) is 25.0. The highest BCUT2D eigenvalue weighted by molar-refractivity contribution is 5.95. The second-order valence-electron chi connectivity index (χ2n) is 6.35. The number of nitrogens with one attached hydrogen (secondary N) is 2. The van der Waals surface area contributed by atoms with Crippen molar-refractivity contribution in [2.75, 3.05) is 27.2 Å². The summed E-state index contributed by atoms with van der Waals surface area (Å²) in [6.07, 6.45) is 0.476. The van der Waals surface area contributed by atoms with Crippen LogP contribution in [0.15, 0.2) is 0 Å². The number of likely N-dealkylation sites (N-methyl/N-ethyl adjacent to an activating group) is 2. The number of hydrogen-bond donors (Lipinski definition) is 2. The molecule has 0 spiro atoms. The van der Waals surface area contributed by atoms with E-state index in [-0.39, 0.29) is 36.7 Å². The van der Waals surface area contributed by atoms with Gasteiger partial charge in [0, 0.05) is 14.1 Å². The molecule has 8 nitrogen and oxygen atoms in total. The van der Waals surface area contributed by atoms with Crippen molar-refractivity contribution in [2.24, 2.45) is 5.92 Å². The van der Waals surface area contributed by atoms with E-state index in [1.54, 1.807) is 14.0 Å². The molecule has 0 aromatic carbocycles. The molecule has 1 saturated heterocycles. The minimum atomic E-state index is -0.756. The van der Waals surface area contributed by atoms with Gasteiger partial charge in [0.25, 0.3) is 0 Å². The average Bonchev–Trinajstić information content (AvgIpc) is 2.47. The summed E-state index contributed by atoms with van der Waals surface area (Å²) in [5.74, 6) is -1.28. The maximum absolute atomic E-state index is 12.4. The highest BCUT2D eigenvalue weighted by atomic mass is 16.2. The van der Waals surface area contributed by atoms with Crippen molar-refractivity contribution in [1.29, 1.82) is 0 Å².